The summed E-state index contributed by atoms with van der Waals surface area (Å²) in [5, 5.41) is 3.45. The molecule has 112 valence electrons. The van der Waals surface area contributed by atoms with Crippen LogP contribution in [0.15, 0.2) is 35.2 Å². The van der Waals surface area contributed by atoms with E-state index in [9.17, 15) is 4.79 Å². The maximum atomic E-state index is 10.9. The molecule has 0 fully saturated rings. The molecule has 0 aliphatic rings. The first-order valence-electron chi connectivity index (χ1n) is 6.85. The number of hydrogen-bond donors (Lipinski definition) is 2. The van der Waals surface area contributed by atoms with Crippen LogP contribution in [0.1, 0.15) is 17.0 Å². The van der Waals surface area contributed by atoms with Crippen LogP contribution in [0.2, 0.25) is 0 Å². The predicted molar refractivity (Wildman–Crippen MR) is 88.6 cm³/mol. The second kappa shape index (κ2) is 6.72. The molecule has 3 N–H and O–H groups in total. The topological polar surface area (TPSA) is 60.0 Å². The van der Waals surface area contributed by atoms with Crippen molar-refractivity contribution in [1.82, 2.24) is 4.57 Å². The Hall–Kier alpha value is -1.88. The number of nitrogens with one attached hydrogen (secondary N) is 1. The molecule has 0 unspecified atom stereocenters. The van der Waals surface area contributed by atoms with Crippen molar-refractivity contribution in [2.45, 2.75) is 25.3 Å². The van der Waals surface area contributed by atoms with E-state index >= 15 is 0 Å². The highest BCUT2D eigenvalue weighted by atomic mass is 32.2. The molecule has 1 aromatic heterocycles. The standard InChI is InChI=1S/C16H21N3OS/c1-11-8-13(12(2)19(11)3)9-18-14-6-4-5-7-15(14)21-10-16(17)20/h4-8,18H,9-10H2,1-3H3,(H2,17,20). The first-order chi connectivity index (χ1) is 9.99. The summed E-state index contributed by atoms with van der Waals surface area (Å²) in [5.74, 6) is -0.00773. The number of carbonyl (C=O) groups excluding carboxylic acids is 1. The third-order valence-corrected chi connectivity index (χ3v) is 4.70. The van der Waals surface area contributed by atoms with Gasteiger partial charge in [0, 0.05) is 35.6 Å². The average molecular weight is 303 g/mol. The molecule has 0 radical (unpaired) electrons. The largest absolute Gasteiger partial charge is 0.380 e. The van der Waals surface area contributed by atoms with Crippen molar-refractivity contribution in [2.24, 2.45) is 12.8 Å². The van der Waals surface area contributed by atoms with E-state index in [4.69, 9.17) is 5.73 Å². The minimum atomic E-state index is -0.302. The van der Waals surface area contributed by atoms with Crippen molar-refractivity contribution in [3.8, 4) is 0 Å². The van der Waals surface area contributed by atoms with Crippen molar-refractivity contribution in [2.75, 3.05) is 11.1 Å². The van der Waals surface area contributed by atoms with Crippen LogP contribution in [0, 0.1) is 13.8 Å². The highest BCUT2D eigenvalue weighted by Crippen LogP contribution is 2.27. The van der Waals surface area contributed by atoms with Crippen LogP contribution < -0.4 is 11.1 Å². The first kappa shape index (κ1) is 15.5. The van der Waals surface area contributed by atoms with Crippen molar-refractivity contribution >= 4 is 23.4 Å². The van der Waals surface area contributed by atoms with E-state index in [1.807, 2.05) is 24.3 Å². The number of benzene rings is 1. The molecule has 0 atom stereocenters. The van der Waals surface area contributed by atoms with Crippen LogP contribution in [0.3, 0.4) is 0 Å². The van der Waals surface area contributed by atoms with Crippen molar-refractivity contribution < 1.29 is 4.79 Å². The minimum absolute atomic E-state index is 0.294. The number of rotatable bonds is 6. The van der Waals surface area contributed by atoms with E-state index in [1.54, 1.807) is 0 Å². The summed E-state index contributed by atoms with van der Waals surface area (Å²) in [6.45, 7) is 4.99. The lowest BCUT2D eigenvalue weighted by Gasteiger charge is -2.11. The molecule has 1 heterocycles. The van der Waals surface area contributed by atoms with Gasteiger partial charge < -0.3 is 15.6 Å². The predicted octanol–water partition coefficient (Wildman–Crippen LogP) is 2.83. The molecule has 0 saturated carbocycles. The molecular weight excluding hydrogens is 282 g/mol. The zero-order valence-corrected chi connectivity index (χ0v) is 13.5. The number of nitrogens with two attached hydrogens (primary N) is 1. The van der Waals surface area contributed by atoms with Gasteiger partial charge in [-0.1, -0.05) is 12.1 Å². The molecule has 4 nitrogen and oxygen atoms in total. The van der Waals surface area contributed by atoms with Gasteiger partial charge in [-0.3, -0.25) is 4.79 Å². The summed E-state index contributed by atoms with van der Waals surface area (Å²) in [7, 11) is 2.07. The van der Waals surface area contributed by atoms with Crippen LogP contribution >= 0.6 is 11.8 Å². The van der Waals surface area contributed by atoms with E-state index in [1.165, 1.54) is 28.7 Å². The van der Waals surface area contributed by atoms with Crippen LogP contribution in [0.25, 0.3) is 0 Å². The van der Waals surface area contributed by atoms with Gasteiger partial charge in [0.25, 0.3) is 0 Å². The van der Waals surface area contributed by atoms with Crippen LogP contribution in [0.4, 0.5) is 5.69 Å². The number of primary amides is 1. The lowest BCUT2D eigenvalue weighted by molar-refractivity contribution is -0.115. The Morgan fingerprint density at radius 3 is 2.67 bits per heavy atom. The van der Waals surface area contributed by atoms with E-state index in [2.05, 4.69) is 36.8 Å². The molecule has 0 spiro atoms. The first-order valence-corrected chi connectivity index (χ1v) is 7.83. The van der Waals surface area contributed by atoms with Crippen molar-refractivity contribution in [3.05, 3.63) is 47.3 Å². The number of hydrogen-bond acceptors (Lipinski definition) is 3. The molecule has 1 amide bonds. The molecule has 5 heteroatoms. The Balaban J connectivity index is 2.09. The van der Waals surface area contributed by atoms with Gasteiger partial charge >= 0.3 is 0 Å². The number of aromatic nitrogens is 1. The van der Waals surface area contributed by atoms with Crippen molar-refractivity contribution in [3.63, 3.8) is 0 Å². The van der Waals surface area contributed by atoms with Gasteiger partial charge in [0.2, 0.25) is 5.91 Å². The number of nitrogens with zero attached hydrogens (tertiary/aromatic N) is 1. The van der Waals surface area contributed by atoms with Gasteiger partial charge in [-0.15, -0.1) is 11.8 Å². The lowest BCUT2D eigenvalue weighted by atomic mass is 10.2. The summed E-state index contributed by atoms with van der Waals surface area (Å²) in [6.07, 6.45) is 0. The highest BCUT2D eigenvalue weighted by Gasteiger charge is 2.08. The normalized spacial score (nSPS) is 10.6. The molecule has 1 aromatic carbocycles. The quantitative estimate of drug-likeness (QED) is 0.807. The van der Waals surface area contributed by atoms with Crippen molar-refractivity contribution in [1.29, 1.82) is 0 Å². The fraction of sp³-hybridized carbons (Fsp3) is 0.312. The molecule has 21 heavy (non-hydrogen) atoms. The van der Waals surface area contributed by atoms with Crippen LogP contribution in [-0.4, -0.2) is 16.2 Å². The zero-order chi connectivity index (χ0) is 15.4. The SMILES string of the molecule is Cc1cc(CNc2ccccc2SCC(N)=O)c(C)n1C. The molecule has 2 rings (SSSR count). The Labute approximate surface area is 129 Å². The number of aryl methyl sites for hydroxylation is 1. The van der Waals surface area contributed by atoms with Gasteiger partial charge in [-0.25, -0.2) is 0 Å². The molecule has 0 bridgehead atoms. The van der Waals surface area contributed by atoms with E-state index < -0.39 is 0 Å². The Bertz CT molecular complexity index is 649. The Kier molecular flexibility index (Phi) is 4.96. The fourth-order valence-electron chi connectivity index (χ4n) is 2.19. The molecule has 2 aromatic rings. The van der Waals surface area contributed by atoms with E-state index in [0.29, 0.717) is 5.75 Å². The summed E-state index contributed by atoms with van der Waals surface area (Å²) in [4.78, 5) is 12.0. The third kappa shape index (κ3) is 3.82. The minimum Gasteiger partial charge on any atom is -0.380 e. The van der Waals surface area contributed by atoms with Gasteiger partial charge in [-0.05, 0) is 37.6 Å². The molecule has 0 aliphatic carbocycles. The smallest absolute Gasteiger partial charge is 0.227 e. The van der Waals surface area contributed by atoms with Crippen LogP contribution in [0.5, 0.6) is 0 Å². The molecule has 0 aliphatic heterocycles. The second-order valence-electron chi connectivity index (χ2n) is 5.06. The summed E-state index contributed by atoms with van der Waals surface area (Å²) in [5.41, 5.74) is 10.0. The monoisotopic (exact) mass is 303 g/mol. The third-order valence-electron chi connectivity index (χ3n) is 3.61. The number of thioether (sulfide) groups is 1. The Morgan fingerprint density at radius 2 is 2.05 bits per heavy atom. The second-order valence-corrected chi connectivity index (χ2v) is 6.08. The highest BCUT2D eigenvalue weighted by molar-refractivity contribution is 8.00. The molecular formula is C16H21N3OS. The van der Waals surface area contributed by atoms with Gasteiger partial charge in [0.1, 0.15) is 0 Å². The lowest BCUT2D eigenvalue weighted by Crippen LogP contribution is -2.13. The van der Waals surface area contributed by atoms with E-state index in [-0.39, 0.29) is 5.91 Å². The number of amides is 1. The molecule has 0 saturated heterocycles. The Morgan fingerprint density at radius 1 is 1.33 bits per heavy atom. The van der Waals surface area contributed by atoms with Crippen LogP contribution in [-0.2, 0) is 18.4 Å². The zero-order valence-electron chi connectivity index (χ0n) is 12.6. The number of anilines is 1. The summed E-state index contributed by atoms with van der Waals surface area (Å²) >= 11 is 1.46. The summed E-state index contributed by atoms with van der Waals surface area (Å²) < 4.78 is 2.19. The average Bonchev–Trinajstić information content (AvgIpc) is 2.71. The fourth-order valence-corrected chi connectivity index (χ4v) is 2.96. The maximum Gasteiger partial charge on any atom is 0.227 e. The van der Waals surface area contributed by atoms with Gasteiger partial charge in [0.05, 0.1) is 5.75 Å². The maximum absolute atomic E-state index is 10.9. The summed E-state index contributed by atoms with van der Waals surface area (Å²) in [6, 6.07) is 10.2. The van der Waals surface area contributed by atoms with E-state index in [0.717, 1.165) is 17.1 Å². The van der Waals surface area contributed by atoms with Gasteiger partial charge in [-0.2, -0.15) is 0 Å². The number of carbonyl (C=O) groups is 1. The van der Waals surface area contributed by atoms with Gasteiger partial charge in [0.15, 0.2) is 0 Å². The number of para-hydroxylation sites is 1.